The Labute approximate surface area is 160 Å². The number of halogens is 1. The van der Waals surface area contributed by atoms with Crippen molar-refractivity contribution < 1.29 is 14.0 Å². The van der Waals surface area contributed by atoms with Crippen molar-refractivity contribution in [2.24, 2.45) is 0 Å². The lowest BCUT2D eigenvalue weighted by atomic mass is 10.1. The molecule has 2 rings (SSSR count). The molecule has 0 radical (unpaired) electrons. The van der Waals surface area contributed by atoms with Crippen LogP contribution in [0.5, 0.6) is 0 Å². The molecule has 2 amide bonds. The minimum Gasteiger partial charge on any atom is -0.352 e. The Morgan fingerprint density at radius 2 is 1.63 bits per heavy atom. The number of nitrogens with one attached hydrogen (secondary N) is 1. The quantitative estimate of drug-likeness (QED) is 0.770. The van der Waals surface area contributed by atoms with Gasteiger partial charge in [0.25, 0.3) is 0 Å². The first-order valence-corrected chi connectivity index (χ1v) is 9.29. The van der Waals surface area contributed by atoms with Crippen LogP contribution in [0.2, 0.25) is 0 Å². The van der Waals surface area contributed by atoms with Crippen molar-refractivity contribution in [1.82, 2.24) is 10.2 Å². The summed E-state index contributed by atoms with van der Waals surface area (Å²) >= 11 is 0. The molecule has 5 heteroatoms. The molecule has 2 aromatic carbocycles. The maximum absolute atomic E-state index is 13.1. The summed E-state index contributed by atoms with van der Waals surface area (Å²) in [7, 11) is 0. The third-order valence-corrected chi connectivity index (χ3v) is 4.63. The molecule has 0 bridgehead atoms. The Morgan fingerprint density at radius 1 is 1.00 bits per heavy atom. The molecule has 4 nitrogen and oxygen atoms in total. The Hall–Kier alpha value is -2.69. The summed E-state index contributed by atoms with van der Waals surface area (Å²) in [6, 6.07) is 14.9. The van der Waals surface area contributed by atoms with E-state index in [-0.39, 0.29) is 30.1 Å². The molecule has 0 aliphatic rings. The van der Waals surface area contributed by atoms with E-state index in [4.69, 9.17) is 0 Å². The third kappa shape index (κ3) is 6.20. The van der Waals surface area contributed by atoms with Crippen molar-refractivity contribution in [3.05, 3.63) is 71.5 Å². The van der Waals surface area contributed by atoms with Crippen LogP contribution in [-0.2, 0) is 22.6 Å². The van der Waals surface area contributed by atoms with Crippen LogP contribution in [0.25, 0.3) is 0 Å². The van der Waals surface area contributed by atoms with Crippen LogP contribution >= 0.6 is 0 Å². The molecule has 0 saturated carbocycles. The number of benzene rings is 2. The van der Waals surface area contributed by atoms with Crippen molar-refractivity contribution in [2.75, 3.05) is 0 Å². The lowest BCUT2D eigenvalue weighted by molar-refractivity contribution is -0.140. The van der Waals surface area contributed by atoms with Gasteiger partial charge in [0.1, 0.15) is 11.9 Å². The van der Waals surface area contributed by atoms with E-state index in [1.54, 1.807) is 24.0 Å². The predicted octanol–water partition coefficient (Wildman–Crippen LogP) is 3.70. The van der Waals surface area contributed by atoms with Gasteiger partial charge in [-0.3, -0.25) is 9.59 Å². The molecule has 1 N–H and O–H groups in total. The fourth-order valence-corrected chi connectivity index (χ4v) is 2.71. The minimum absolute atomic E-state index is 0.0470. The van der Waals surface area contributed by atoms with E-state index >= 15 is 0 Å². The Morgan fingerprint density at radius 3 is 2.22 bits per heavy atom. The number of hydrogen-bond acceptors (Lipinski definition) is 2. The smallest absolute Gasteiger partial charge is 0.242 e. The highest BCUT2D eigenvalue weighted by Crippen LogP contribution is 2.13. The van der Waals surface area contributed by atoms with Gasteiger partial charge in [0.2, 0.25) is 11.8 Å². The van der Waals surface area contributed by atoms with Crippen molar-refractivity contribution >= 4 is 11.8 Å². The fourth-order valence-electron chi connectivity index (χ4n) is 2.71. The zero-order chi connectivity index (χ0) is 19.8. The van der Waals surface area contributed by atoms with Crippen molar-refractivity contribution in [3.63, 3.8) is 0 Å². The van der Waals surface area contributed by atoms with E-state index in [2.05, 4.69) is 5.32 Å². The van der Waals surface area contributed by atoms with E-state index in [0.29, 0.717) is 12.1 Å². The SMILES string of the molecule is CC[C@@H](C)NC(=O)[C@@H](C)N(Cc1ccccc1)C(=O)Cc1ccc(F)cc1. The first kappa shape index (κ1) is 20.6. The zero-order valence-corrected chi connectivity index (χ0v) is 16.1. The number of hydrogen-bond donors (Lipinski definition) is 1. The van der Waals surface area contributed by atoms with Crippen molar-refractivity contribution in [2.45, 2.75) is 52.2 Å². The molecular formula is C22H27FN2O2. The molecule has 0 aliphatic heterocycles. The number of carbonyl (C=O) groups is 2. The van der Waals surface area contributed by atoms with Gasteiger partial charge in [0.15, 0.2) is 0 Å². The lowest BCUT2D eigenvalue weighted by Gasteiger charge is -2.29. The van der Waals surface area contributed by atoms with E-state index in [1.165, 1.54) is 12.1 Å². The molecule has 27 heavy (non-hydrogen) atoms. The van der Waals surface area contributed by atoms with Gasteiger partial charge in [-0.1, -0.05) is 49.4 Å². The average molecular weight is 370 g/mol. The van der Waals surface area contributed by atoms with Crippen LogP contribution in [0.15, 0.2) is 54.6 Å². The molecule has 0 heterocycles. The maximum Gasteiger partial charge on any atom is 0.242 e. The van der Waals surface area contributed by atoms with Gasteiger partial charge < -0.3 is 10.2 Å². The molecule has 2 atom stereocenters. The second kappa shape index (κ2) is 9.86. The Kier molecular flexibility index (Phi) is 7.53. The molecule has 0 spiro atoms. The van der Waals surface area contributed by atoms with Gasteiger partial charge in [-0.25, -0.2) is 4.39 Å². The summed E-state index contributed by atoms with van der Waals surface area (Å²) < 4.78 is 13.1. The van der Waals surface area contributed by atoms with Crippen molar-refractivity contribution in [1.29, 1.82) is 0 Å². The molecule has 0 aromatic heterocycles. The van der Waals surface area contributed by atoms with Crippen LogP contribution in [0.3, 0.4) is 0 Å². The topological polar surface area (TPSA) is 49.4 Å². The molecule has 0 saturated heterocycles. The summed E-state index contributed by atoms with van der Waals surface area (Å²) in [6.07, 6.45) is 0.939. The van der Waals surface area contributed by atoms with Gasteiger partial charge in [-0.2, -0.15) is 0 Å². The number of rotatable bonds is 8. The standard InChI is InChI=1S/C22H27FN2O2/c1-4-16(2)24-22(27)17(3)25(15-19-8-6-5-7-9-19)21(26)14-18-10-12-20(23)13-11-18/h5-13,16-17H,4,14-15H2,1-3H3,(H,24,27)/t16-,17-/m1/s1. The number of amides is 2. The predicted molar refractivity (Wildman–Crippen MR) is 104 cm³/mol. The average Bonchev–Trinajstić information content (AvgIpc) is 2.67. The highest BCUT2D eigenvalue weighted by atomic mass is 19.1. The highest BCUT2D eigenvalue weighted by Gasteiger charge is 2.26. The van der Waals surface area contributed by atoms with Gasteiger partial charge in [0.05, 0.1) is 6.42 Å². The monoisotopic (exact) mass is 370 g/mol. The summed E-state index contributed by atoms with van der Waals surface area (Å²) in [6.45, 7) is 6.02. The van der Waals surface area contributed by atoms with Gasteiger partial charge in [0, 0.05) is 12.6 Å². The lowest BCUT2D eigenvalue weighted by Crippen LogP contribution is -2.49. The second-order valence-electron chi connectivity index (χ2n) is 6.80. The fraction of sp³-hybridized carbons (Fsp3) is 0.364. The number of carbonyl (C=O) groups excluding carboxylic acids is 2. The summed E-state index contributed by atoms with van der Waals surface area (Å²) in [5.74, 6) is -0.682. The van der Waals surface area contributed by atoms with Gasteiger partial charge in [-0.05, 0) is 43.5 Å². The van der Waals surface area contributed by atoms with E-state index in [0.717, 1.165) is 12.0 Å². The van der Waals surface area contributed by atoms with Crippen LogP contribution in [0.1, 0.15) is 38.3 Å². The first-order chi connectivity index (χ1) is 12.9. The Balaban J connectivity index is 2.18. The maximum atomic E-state index is 13.1. The van der Waals surface area contributed by atoms with E-state index in [9.17, 15) is 14.0 Å². The van der Waals surface area contributed by atoms with Crippen LogP contribution in [0.4, 0.5) is 4.39 Å². The first-order valence-electron chi connectivity index (χ1n) is 9.29. The largest absolute Gasteiger partial charge is 0.352 e. The summed E-state index contributed by atoms with van der Waals surface area (Å²) in [5, 5.41) is 2.94. The number of nitrogens with zero attached hydrogens (tertiary/aromatic N) is 1. The molecule has 0 unspecified atom stereocenters. The minimum atomic E-state index is -0.604. The van der Waals surface area contributed by atoms with Crippen LogP contribution in [0, 0.1) is 5.82 Å². The van der Waals surface area contributed by atoms with Crippen molar-refractivity contribution in [3.8, 4) is 0 Å². The third-order valence-electron chi connectivity index (χ3n) is 4.63. The van der Waals surface area contributed by atoms with Crippen LogP contribution in [-0.4, -0.2) is 28.8 Å². The summed E-state index contributed by atoms with van der Waals surface area (Å²) in [4.78, 5) is 27.1. The van der Waals surface area contributed by atoms with Crippen LogP contribution < -0.4 is 5.32 Å². The van der Waals surface area contributed by atoms with E-state index in [1.807, 2.05) is 44.2 Å². The molecule has 0 aliphatic carbocycles. The summed E-state index contributed by atoms with van der Waals surface area (Å²) in [5.41, 5.74) is 1.67. The molecular weight excluding hydrogens is 343 g/mol. The second-order valence-corrected chi connectivity index (χ2v) is 6.80. The molecule has 144 valence electrons. The Bertz CT molecular complexity index is 747. The highest BCUT2D eigenvalue weighted by molar-refractivity contribution is 5.88. The molecule has 0 fully saturated rings. The normalized spacial score (nSPS) is 12.9. The van der Waals surface area contributed by atoms with E-state index < -0.39 is 6.04 Å². The van der Waals surface area contributed by atoms with Gasteiger partial charge >= 0.3 is 0 Å². The zero-order valence-electron chi connectivity index (χ0n) is 16.1. The molecule has 2 aromatic rings. The van der Waals surface area contributed by atoms with Gasteiger partial charge in [-0.15, -0.1) is 0 Å².